The predicted octanol–water partition coefficient (Wildman–Crippen LogP) is 4.97. The molecule has 6 heteroatoms. The molecule has 1 aromatic carbocycles. The number of anilines is 1. The van der Waals surface area contributed by atoms with E-state index in [-0.39, 0.29) is 10.8 Å². The third kappa shape index (κ3) is 5.30. The molecule has 5 nitrogen and oxygen atoms in total. The summed E-state index contributed by atoms with van der Waals surface area (Å²) in [5.74, 6) is 3.19. The maximum Gasteiger partial charge on any atom is 0.137 e. The summed E-state index contributed by atoms with van der Waals surface area (Å²) < 4.78 is 27.5. The van der Waals surface area contributed by atoms with E-state index >= 15 is 0 Å². The first-order chi connectivity index (χ1) is 13.7. The van der Waals surface area contributed by atoms with Gasteiger partial charge in [-0.2, -0.15) is 0 Å². The minimum Gasteiger partial charge on any atom is -0.598 e. The lowest BCUT2D eigenvalue weighted by Gasteiger charge is -2.35. The molecule has 0 spiro atoms. The van der Waals surface area contributed by atoms with Crippen LogP contribution in [0.25, 0.3) is 0 Å². The van der Waals surface area contributed by atoms with Crippen molar-refractivity contribution in [2.45, 2.75) is 58.2 Å². The Labute approximate surface area is 178 Å². The maximum atomic E-state index is 13.0. The second-order valence-electron chi connectivity index (χ2n) is 8.97. The minimum absolute atomic E-state index is 0.302. The number of piperidine rings is 1. The fraction of sp³-hybridized carbons (Fsp3) is 0.565. The van der Waals surface area contributed by atoms with E-state index in [9.17, 15) is 4.55 Å². The molecule has 0 amide bonds. The molecule has 1 fully saturated rings. The Hall–Kier alpha value is -1.63. The van der Waals surface area contributed by atoms with Crippen molar-refractivity contribution in [3.63, 3.8) is 0 Å². The molecule has 1 aromatic heterocycles. The lowest BCUT2D eigenvalue weighted by atomic mass is 9.96. The molecular weight excluding hydrogens is 384 g/mol. The van der Waals surface area contributed by atoms with Crippen LogP contribution in [0.15, 0.2) is 34.7 Å². The van der Waals surface area contributed by atoms with Crippen molar-refractivity contribution in [2.75, 3.05) is 25.1 Å². The van der Waals surface area contributed by atoms with Crippen LogP contribution in [0, 0.1) is 12.8 Å². The van der Waals surface area contributed by atoms with E-state index in [0.717, 1.165) is 47.5 Å². The first-order valence-corrected chi connectivity index (χ1v) is 11.5. The number of benzene rings is 1. The normalized spacial score (nSPS) is 18.0. The van der Waals surface area contributed by atoms with E-state index in [1.54, 1.807) is 7.11 Å². The monoisotopic (exact) mass is 418 g/mol. The van der Waals surface area contributed by atoms with Crippen molar-refractivity contribution in [1.29, 1.82) is 0 Å². The van der Waals surface area contributed by atoms with Gasteiger partial charge < -0.3 is 18.6 Å². The molecule has 1 aliphatic heterocycles. The molecule has 2 heterocycles. The predicted molar refractivity (Wildman–Crippen MR) is 120 cm³/mol. The van der Waals surface area contributed by atoms with Crippen LogP contribution in [-0.4, -0.2) is 29.5 Å². The molecule has 29 heavy (non-hydrogen) atoms. The first-order valence-electron chi connectivity index (χ1n) is 10.4. The number of rotatable bonds is 6. The maximum absolute atomic E-state index is 13.0. The van der Waals surface area contributed by atoms with Crippen LogP contribution >= 0.6 is 0 Å². The van der Waals surface area contributed by atoms with Crippen LogP contribution in [0.4, 0.5) is 5.69 Å². The van der Waals surface area contributed by atoms with Gasteiger partial charge in [0.2, 0.25) is 0 Å². The van der Waals surface area contributed by atoms with Crippen molar-refractivity contribution >= 4 is 17.0 Å². The number of nitrogens with zero attached hydrogens (tertiary/aromatic N) is 1. The summed E-state index contributed by atoms with van der Waals surface area (Å²) in [6.45, 7) is 12.2. The number of aryl methyl sites for hydroxylation is 1. The van der Waals surface area contributed by atoms with Crippen LogP contribution < -0.4 is 14.4 Å². The highest BCUT2D eigenvalue weighted by molar-refractivity contribution is 7.90. The second kappa shape index (κ2) is 9.02. The van der Waals surface area contributed by atoms with Gasteiger partial charge in [0.05, 0.1) is 7.11 Å². The fourth-order valence-corrected chi connectivity index (χ4v) is 4.40. The van der Waals surface area contributed by atoms with E-state index in [4.69, 9.17) is 9.15 Å². The van der Waals surface area contributed by atoms with Gasteiger partial charge >= 0.3 is 0 Å². The Balaban J connectivity index is 2.04. The summed E-state index contributed by atoms with van der Waals surface area (Å²) >= 11 is -1.24. The molecule has 1 N–H and O–H groups in total. The van der Waals surface area contributed by atoms with E-state index in [0.29, 0.717) is 0 Å². The summed E-state index contributed by atoms with van der Waals surface area (Å²) in [6.07, 6.45) is 2.34. The van der Waals surface area contributed by atoms with Crippen molar-refractivity contribution in [3.8, 4) is 5.75 Å². The van der Waals surface area contributed by atoms with Gasteiger partial charge in [0, 0.05) is 41.8 Å². The third-order valence-corrected chi connectivity index (χ3v) is 7.06. The van der Waals surface area contributed by atoms with Gasteiger partial charge in [-0.1, -0.05) is 13.0 Å². The fourth-order valence-electron chi connectivity index (χ4n) is 3.59. The zero-order valence-corrected chi connectivity index (χ0v) is 19.3. The van der Waals surface area contributed by atoms with Gasteiger partial charge in [-0.05, 0) is 64.7 Å². The van der Waals surface area contributed by atoms with Gasteiger partial charge in [-0.25, -0.2) is 0 Å². The second-order valence-corrected chi connectivity index (χ2v) is 11.0. The quantitative estimate of drug-likeness (QED) is 0.671. The summed E-state index contributed by atoms with van der Waals surface area (Å²) in [4.78, 5) is 2.42. The minimum atomic E-state index is -1.24. The topological polar surface area (TPSA) is 60.7 Å². The highest BCUT2D eigenvalue weighted by Crippen LogP contribution is 2.37. The Kier molecular flexibility index (Phi) is 6.87. The van der Waals surface area contributed by atoms with Crippen molar-refractivity contribution in [1.82, 2.24) is 4.72 Å². The molecule has 0 bridgehead atoms. The Morgan fingerprint density at radius 1 is 1.21 bits per heavy atom. The summed E-state index contributed by atoms with van der Waals surface area (Å²) in [6, 6.07) is 9.76. The van der Waals surface area contributed by atoms with Gasteiger partial charge in [0.25, 0.3) is 0 Å². The van der Waals surface area contributed by atoms with Crippen LogP contribution in [0.1, 0.15) is 63.7 Å². The van der Waals surface area contributed by atoms with Crippen molar-refractivity contribution < 1.29 is 13.7 Å². The Morgan fingerprint density at radius 2 is 1.90 bits per heavy atom. The lowest BCUT2D eigenvalue weighted by molar-refractivity contribution is 0.411. The van der Waals surface area contributed by atoms with Crippen molar-refractivity contribution in [3.05, 3.63) is 47.4 Å². The lowest BCUT2D eigenvalue weighted by Crippen LogP contribution is -2.42. The number of hydrogen-bond acceptors (Lipinski definition) is 5. The number of hydrogen-bond donors (Lipinski definition) is 1. The van der Waals surface area contributed by atoms with E-state index in [2.05, 4.69) is 28.7 Å². The number of nitrogens with one attached hydrogen (secondary N) is 1. The molecule has 160 valence electrons. The summed E-state index contributed by atoms with van der Waals surface area (Å²) in [5, 5.41) is 0. The average Bonchev–Trinajstić information content (AvgIpc) is 3.11. The van der Waals surface area contributed by atoms with Gasteiger partial charge in [0.15, 0.2) is 0 Å². The summed E-state index contributed by atoms with van der Waals surface area (Å²) in [5.41, 5.74) is 2.18. The molecule has 1 saturated heterocycles. The van der Waals surface area contributed by atoms with Gasteiger partial charge in [-0.3, -0.25) is 0 Å². The molecule has 0 saturated carbocycles. The van der Waals surface area contributed by atoms with Crippen LogP contribution in [-0.2, 0) is 11.4 Å². The number of furan rings is 1. The molecule has 1 aliphatic rings. The molecule has 0 aliphatic carbocycles. The van der Waals surface area contributed by atoms with E-state index in [1.807, 2.05) is 45.9 Å². The molecule has 2 aromatic rings. The SMILES string of the molecule is COc1ccc(C(N[S+]([O-])C(C)(C)C)c2ccc(C)o2)c(N2CCC(C)CC2)c1. The Morgan fingerprint density at radius 3 is 2.45 bits per heavy atom. The molecule has 3 rings (SSSR count). The first kappa shape index (κ1) is 22.1. The molecular formula is C23H34N2O3S. The van der Waals surface area contributed by atoms with Crippen LogP contribution in [0.5, 0.6) is 5.75 Å². The van der Waals surface area contributed by atoms with Gasteiger partial charge in [0.1, 0.15) is 28.1 Å². The summed E-state index contributed by atoms with van der Waals surface area (Å²) in [7, 11) is 1.69. The Bertz CT molecular complexity index is 807. The molecule has 0 radical (unpaired) electrons. The standard InChI is InChI=1S/C23H34N2O3S/c1-16-11-13-25(14-12-16)20-15-18(27-6)8-9-19(20)22(21-10-7-17(2)28-21)24-29(26)23(3,4)5/h7-10,15-16,22,24H,11-14H2,1-6H3. The van der Waals surface area contributed by atoms with Crippen molar-refractivity contribution in [2.24, 2.45) is 5.92 Å². The molecule has 2 unspecified atom stereocenters. The average molecular weight is 419 g/mol. The van der Waals surface area contributed by atoms with E-state index < -0.39 is 11.4 Å². The van der Waals surface area contributed by atoms with Gasteiger partial charge in [-0.15, -0.1) is 4.72 Å². The highest BCUT2D eigenvalue weighted by Gasteiger charge is 2.34. The largest absolute Gasteiger partial charge is 0.598 e. The number of methoxy groups -OCH3 is 1. The smallest absolute Gasteiger partial charge is 0.137 e. The molecule has 2 atom stereocenters. The zero-order valence-electron chi connectivity index (χ0n) is 18.5. The highest BCUT2D eigenvalue weighted by atomic mass is 32.2. The van der Waals surface area contributed by atoms with Crippen LogP contribution in [0.2, 0.25) is 0 Å². The van der Waals surface area contributed by atoms with Crippen LogP contribution in [0.3, 0.4) is 0 Å². The number of ether oxygens (including phenoxy) is 1. The zero-order chi connectivity index (χ0) is 21.2. The van der Waals surface area contributed by atoms with E-state index in [1.165, 1.54) is 12.8 Å². The third-order valence-electron chi connectivity index (χ3n) is 5.50.